The molecule has 1 atom stereocenters. The summed E-state index contributed by atoms with van der Waals surface area (Å²) in [5, 5.41) is 10.1. The van der Waals surface area contributed by atoms with Crippen molar-refractivity contribution in [2.45, 2.75) is 73.5 Å². The van der Waals surface area contributed by atoms with E-state index in [4.69, 9.17) is 0 Å². The summed E-state index contributed by atoms with van der Waals surface area (Å²) in [6.07, 6.45) is -10.9. The number of ketones is 1. The van der Waals surface area contributed by atoms with Gasteiger partial charge in [0.15, 0.2) is 5.78 Å². The van der Waals surface area contributed by atoms with Crippen molar-refractivity contribution in [1.82, 2.24) is 0 Å². The Morgan fingerprint density at radius 3 is 1.39 bits per heavy atom. The van der Waals surface area contributed by atoms with Crippen LogP contribution in [0.4, 0.5) is 74.6 Å². The van der Waals surface area contributed by atoms with Gasteiger partial charge in [0.05, 0.1) is 12.0 Å². The molecule has 220 valence electrons. The second-order valence-electron chi connectivity index (χ2n) is 8.24. The lowest BCUT2D eigenvalue weighted by atomic mass is 9.83. The van der Waals surface area contributed by atoms with Crippen molar-refractivity contribution in [2.75, 3.05) is 0 Å². The van der Waals surface area contributed by atoms with E-state index >= 15 is 0 Å². The number of aliphatic hydroxyl groups is 1. The molecule has 0 bridgehead atoms. The van der Waals surface area contributed by atoms with E-state index in [0.29, 0.717) is 12.1 Å². The van der Waals surface area contributed by atoms with Crippen LogP contribution in [0.1, 0.15) is 36.2 Å². The van der Waals surface area contributed by atoms with Crippen molar-refractivity contribution >= 4 is 5.78 Å². The number of Topliss-reactive ketones (excluding diaryl/α,β-unsaturated/α-hetero) is 1. The number of benzene rings is 1. The second kappa shape index (κ2) is 9.11. The van der Waals surface area contributed by atoms with Crippen LogP contribution < -0.4 is 0 Å². The van der Waals surface area contributed by atoms with E-state index in [1.807, 2.05) is 0 Å². The van der Waals surface area contributed by atoms with Crippen LogP contribution in [0.5, 0.6) is 0 Å². The van der Waals surface area contributed by atoms with Gasteiger partial charge < -0.3 is 5.11 Å². The Kier molecular flexibility index (Phi) is 8.08. The van der Waals surface area contributed by atoms with Gasteiger partial charge in [-0.2, -0.15) is 74.6 Å². The molecule has 0 amide bonds. The quantitative estimate of drug-likeness (QED) is 0.225. The first-order valence-electron chi connectivity index (χ1n) is 9.42. The van der Waals surface area contributed by atoms with Crippen molar-refractivity contribution in [1.29, 1.82) is 0 Å². The molecule has 0 radical (unpaired) electrons. The predicted octanol–water partition coefficient (Wildman–Crippen LogP) is 7.50. The molecule has 0 heterocycles. The summed E-state index contributed by atoms with van der Waals surface area (Å²) in [6.45, 7) is 1.04. The average molecular weight is 596 g/mol. The van der Waals surface area contributed by atoms with Crippen LogP contribution in [0.15, 0.2) is 24.3 Å². The average Bonchev–Trinajstić information content (AvgIpc) is 2.71. The zero-order valence-corrected chi connectivity index (χ0v) is 18.3. The number of alkyl halides is 17. The maximum atomic E-state index is 14.2. The molecule has 1 aromatic carbocycles. The molecule has 19 heteroatoms. The number of carbonyl (C=O) groups is 1. The number of halogens is 17. The Morgan fingerprint density at radius 1 is 0.658 bits per heavy atom. The van der Waals surface area contributed by atoms with E-state index in [-0.39, 0.29) is 6.92 Å². The monoisotopic (exact) mass is 596 g/mol. The largest absolute Gasteiger partial charge is 0.460 e. The molecule has 1 rings (SSSR count). The first-order chi connectivity index (χ1) is 16.4. The van der Waals surface area contributed by atoms with Crippen LogP contribution in [0, 0.1) is 0 Å². The highest BCUT2D eigenvalue weighted by atomic mass is 19.4. The molecule has 0 spiro atoms. The third kappa shape index (κ3) is 4.78. The van der Waals surface area contributed by atoms with Gasteiger partial charge in [0.1, 0.15) is 0 Å². The number of rotatable bonds is 10. The Balaban J connectivity index is 3.63. The number of hydrogen-bond donors (Lipinski definition) is 1. The van der Waals surface area contributed by atoms with Gasteiger partial charge in [-0.05, 0) is 25.5 Å². The van der Waals surface area contributed by atoms with Crippen molar-refractivity contribution in [3.05, 3.63) is 35.4 Å². The van der Waals surface area contributed by atoms with Crippen LogP contribution in [0.3, 0.4) is 0 Å². The summed E-state index contributed by atoms with van der Waals surface area (Å²) >= 11 is 0. The van der Waals surface area contributed by atoms with Gasteiger partial charge in [0.25, 0.3) is 0 Å². The molecule has 2 nitrogen and oxygen atoms in total. The SMILES string of the molecule is CC(=O)c1cccc(C(C)(O)CC(F)(F)C(F)(F)C(F)(F)C(F)(F)C(F)(F)C(F)(F)C(F)(F)C(F)(F)F)c1. The summed E-state index contributed by atoms with van der Waals surface area (Å²) < 4.78 is 227. The van der Waals surface area contributed by atoms with E-state index in [1.54, 1.807) is 0 Å². The Hall–Kier alpha value is -2.34. The van der Waals surface area contributed by atoms with Crippen molar-refractivity contribution in [3.8, 4) is 0 Å². The number of carbonyl (C=O) groups excluding carboxylic acids is 1. The maximum absolute atomic E-state index is 14.2. The Labute approximate surface area is 200 Å². The van der Waals surface area contributed by atoms with Gasteiger partial charge in [-0.1, -0.05) is 18.2 Å². The van der Waals surface area contributed by atoms with Crippen LogP contribution in [0.25, 0.3) is 0 Å². The molecule has 0 aliphatic carbocycles. The predicted molar refractivity (Wildman–Crippen MR) is 91.3 cm³/mol. The summed E-state index contributed by atoms with van der Waals surface area (Å²) in [5.41, 5.74) is -4.81. The molecule has 0 aliphatic heterocycles. The van der Waals surface area contributed by atoms with Gasteiger partial charge >= 0.3 is 47.6 Å². The summed E-state index contributed by atoms with van der Waals surface area (Å²) in [6, 6.07) is 2.98. The summed E-state index contributed by atoms with van der Waals surface area (Å²) in [5.74, 6) is -58.2. The summed E-state index contributed by atoms with van der Waals surface area (Å²) in [4.78, 5) is 11.3. The van der Waals surface area contributed by atoms with E-state index in [9.17, 15) is 84.5 Å². The lowest BCUT2D eigenvalue weighted by Gasteiger charge is -2.43. The third-order valence-electron chi connectivity index (χ3n) is 5.24. The van der Waals surface area contributed by atoms with Gasteiger partial charge in [0.2, 0.25) is 0 Å². The molecule has 1 unspecified atom stereocenters. The van der Waals surface area contributed by atoms with Crippen molar-refractivity contribution < 1.29 is 84.5 Å². The first kappa shape index (κ1) is 33.7. The minimum atomic E-state index is -8.72. The van der Waals surface area contributed by atoms with Gasteiger partial charge in [0, 0.05) is 5.56 Å². The highest BCUT2D eigenvalue weighted by Crippen LogP contribution is 2.64. The van der Waals surface area contributed by atoms with Crippen molar-refractivity contribution in [3.63, 3.8) is 0 Å². The lowest BCUT2D eigenvalue weighted by Crippen LogP contribution is -2.74. The van der Waals surface area contributed by atoms with Crippen LogP contribution in [-0.4, -0.2) is 58.5 Å². The Morgan fingerprint density at radius 2 is 1.03 bits per heavy atom. The molecule has 0 saturated heterocycles. The molecule has 1 aromatic rings. The molecule has 0 fully saturated rings. The highest BCUT2D eigenvalue weighted by Gasteiger charge is 2.95. The van der Waals surface area contributed by atoms with Gasteiger partial charge in [-0.15, -0.1) is 0 Å². The zero-order chi connectivity index (χ0) is 30.8. The standard InChI is InChI=1S/C19H13F17O2/c1-8(37)9-4-3-5-10(6-9)11(2,38)7-12(20,21)13(22,23)14(24,25)15(26,27)16(28,29)17(30,31)18(32,33)19(34,35)36/h3-6,38H,7H2,1-2H3. The highest BCUT2D eigenvalue weighted by molar-refractivity contribution is 5.94. The minimum absolute atomic E-state index is 0.166. The van der Waals surface area contributed by atoms with Gasteiger partial charge in [-0.3, -0.25) is 4.79 Å². The Bertz CT molecular complexity index is 1040. The van der Waals surface area contributed by atoms with Crippen molar-refractivity contribution in [2.24, 2.45) is 0 Å². The zero-order valence-electron chi connectivity index (χ0n) is 18.3. The maximum Gasteiger partial charge on any atom is 0.460 e. The van der Waals surface area contributed by atoms with Crippen LogP contribution >= 0.6 is 0 Å². The van der Waals surface area contributed by atoms with Gasteiger partial charge in [-0.25, -0.2) is 0 Å². The molecule has 38 heavy (non-hydrogen) atoms. The van der Waals surface area contributed by atoms with E-state index in [2.05, 4.69) is 0 Å². The fraction of sp³-hybridized carbons (Fsp3) is 0.632. The first-order valence-corrected chi connectivity index (χ1v) is 9.42. The molecule has 0 aromatic heterocycles. The fourth-order valence-electron chi connectivity index (χ4n) is 2.91. The third-order valence-corrected chi connectivity index (χ3v) is 5.24. The molecular weight excluding hydrogens is 583 g/mol. The normalized spacial score (nSPS) is 16.8. The molecular formula is C19H13F17O2. The fourth-order valence-corrected chi connectivity index (χ4v) is 2.91. The topological polar surface area (TPSA) is 37.3 Å². The van der Waals surface area contributed by atoms with Crippen LogP contribution in [0.2, 0.25) is 0 Å². The van der Waals surface area contributed by atoms with E-state index < -0.39 is 76.6 Å². The van der Waals surface area contributed by atoms with E-state index in [1.165, 1.54) is 0 Å². The second-order valence-corrected chi connectivity index (χ2v) is 8.24. The van der Waals surface area contributed by atoms with Crippen LogP contribution in [-0.2, 0) is 5.60 Å². The summed E-state index contributed by atoms with van der Waals surface area (Å²) in [7, 11) is 0. The molecule has 0 saturated carbocycles. The minimum Gasteiger partial charge on any atom is -0.385 e. The molecule has 1 N–H and O–H groups in total. The lowest BCUT2D eigenvalue weighted by molar-refractivity contribution is -0.462. The smallest absolute Gasteiger partial charge is 0.385 e. The van der Waals surface area contributed by atoms with E-state index in [0.717, 1.165) is 19.1 Å². The molecule has 0 aliphatic rings. The number of hydrogen-bond acceptors (Lipinski definition) is 2.